The minimum atomic E-state index is -1.03. The van der Waals surface area contributed by atoms with Crippen molar-refractivity contribution < 1.29 is 19.4 Å². The Morgan fingerprint density at radius 3 is 2.65 bits per heavy atom. The van der Waals surface area contributed by atoms with E-state index in [2.05, 4.69) is 0 Å². The molecule has 0 aromatic heterocycles. The van der Waals surface area contributed by atoms with Crippen LogP contribution in [0.5, 0.6) is 5.75 Å². The van der Waals surface area contributed by atoms with Crippen molar-refractivity contribution in [1.29, 1.82) is 0 Å². The molecule has 0 bridgehead atoms. The Morgan fingerprint density at radius 1 is 1.53 bits per heavy atom. The summed E-state index contributed by atoms with van der Waals surface area (Å²) in [7, 11) is 1.55. The lowest BCUT2D eigenvalue weighted by Gasteiger charge is -2.44. The van der Waals surface area contributed by atoms with Gasteiger partial charge in [-0.05, 0) is 6.07 Å². The fraction of sp³-hybridized carbons (Fsp3) is 0.417. The van der Waals surface area contributed by atoms with Gasteiger partial charge in [0.25, 0.3) is 0 Å². The highest BCUT2D eigenvalue weighted by Crippen LogP contribution is 2.40. The number of benzene rings is 1. The predicted octanol–water partition coefficient (Wildman–Crippen LogP) is 0.375. The Balaban J connectivity index is 2.44. The summed E-state index contributed by atoms with van der Waals surface area (Å²) in [6.07, 6.45) is 0. The Hall–Kier alpha value is -1.59. The highest BCUT2D eigenvalue weighted by atomic mass is 16.5. The van der Waals surface area contributed by atoms with Crippen molar-refractivity contribution in [2.75, 3.05) is 20.3 Å². The minimum Gasteiger partial charge on any atom is -0.496 e. The zero-order chi connectivity index (χ0) is 12.5. The van der Waals surface area contributed by atoms with Crippen molar-refractivity contribution in [3.05, 3.63) is 29.8 Å². The van der Waals surface area contributed by atoms with Gasteiger partial charge in [-0.25, -0.2) is 0 Å². The molecule has 92 valence electrons. The highest BCUT2D eigenvalue weighted by molar-refractivity contribution is 5.76. The van der Waals surface area contributed by atoms with E-state index in [1.54, 1.807) is 13.2 Å². The van der Waals surface area contributed by atoms with Crippen LogP contribution in [0.3, 0.4) is 0 Å². The molecule has 0 amide bonds. The minimum absolute atomic E-state index is 0.306. The second-order valence-electron chi connectivity index (χ2n) is 4.17. The number of rotatable bonds is 4. The van der Waals surface area contributed by atoms with E-state index in [0.717, 1.165) is 5.56 Å². The fourth-order valence-corrected chi connectivity index (χ4v) is 2.12. The van der Waals surface area contributed by atoms with Crippen LogP contribution in [-0.2, 0) is 14.9 Å². The topological polar surface area (TPSA) is 81.8 Å². The Labute approximate surface area is 99.1 Å². The molecule has 1 aromatic carbocycles. The molecule has 0 aliphatic carbocycles. The second-order valence-corrected chi connectivity index (χ2v) is 4.17. The standard InChI is InChI=1S/C12H15NO4/c1-16-9-5-3-2-4-8(9)12(6-17-7-12)10(13)11(14)15/h2-5,10H,6-7,13H2,1H3,(H,14,15). The number of aliphatic carboxylic acids is 1. The van der Waals surface area contributed by atoms with Gasteiger partial charge in [0.15, 0.2) is 0 Å². The Morgan fingerprint density at radius 2 is 2.18 bits per heavy atom. The smallest absolute Gasteiger partial charge is 0.321 e. The summed E-state index contributed by atoms with van der Waals surface area (Å²) in [6.45, 7) is 0.613. The van der Waals surface area contributed by atoms with Crippen LogP contribution in [0.1, 0.15) is 5.56 Å². The van der Waals surface area contributed by atoms with Crippen LogP contribution in [0.2, 0.25) is 0 Å². The van der Waals surface area contributed by atoms with Gasteiger partial charge in [-0.2, -0.15) is 0 Å². The first kappa shape index (κ1) is 11.9. The SMILES string of the molecule is COc1ccccc1C1(C(N)C(=O)O)COC1. The maximum absolute atomic E-state index is 11.1. The van der Waals surface area contributed by atoms with Gasteiger partial charge in [0.2, 0.25) is 0 Å². The van der Waals surface area contributed by atoms with E-state index in [0.29, 0.717) is 19.0 Å². The molecule has 0 saturated carbocycles. The average molecular weight is 237 g/mol. The van der Waals surface area contributed by atoms with Crippen LogP contribution in [0, 0.1) is 0 Å². The summed E-state index contributed by atoms with van der Waals surface area (Å²) < 4.78 is 10.4. The number of ether oxygens (including phenoxy) is 2. The normalized spacial score (nSPS) is 19.2. The summed E-state index contributed by atoms with van der Waals surface area (Å²) in [4.78, 5) is 11.1. The van der Waals surface area contributed by atoms with Crippen LogP contribution in [-0.4, -0.2) is 37.4 Å². The molecule has 1 heterocycles. The zero-order valence-electron chi connectivity index (χ0n) is 9.55. The van der Waals surface area contributed by atoms with Gasteiger partial charge in [-0.3, -0.25) is 4.79 Å². The molecule has 5 nitrogen and oxygen atoms in total. The summed E-state index contributed by atoms with van der Waals surface area (Å²) in [5.74, 6) is -0.383. The predicted molar refractivity (Wildman–Crippen MR) is 61.1 cm³/mol. The number of hydrogen-bond acceptors (Lipinski definition) is 4. The summed E-state index contributed by atoms with van der Waals surface area (Å²) in [5, 5.41) is 9.09. The van der Waals surface area contributed by atoms with Crippen LogP contribution >= 0.6 is 0 Å². The van der Waals surface area contributed by atoms with E-state index in [9.17, 15) is 4.79 Å². The largest absolute Gasteiger partial charge is 0.496 e. The summed E-state index contributed by atoms with van der Waals surface area (Å²) in [6, 6.07) is 6.31. The van der Waals surface area contributed by atoms with Gasteiger partial charge in [-0.1, -0.05) is 18.2 Å². The number of para-hydroxylation sites is 1. The highest BCUT2D eigenvalue weighted by Gasteiger charge is 2.50. The van der Waals surface area contributed by atoms with E-state index in [1.165, 1.54) is 0 Å². The van der Waals surface area contributed by atoms with Gasteiger partial charge in [0, 0.05) is 5.56 Å². The number of nitrogens with two attached hydrogens (primary N) is 1. The van der Waals surface area contributed by atoms with Crippen molar-refractivity contribution in [1.82, 2.24) is 0 Å². The zero-order valence-corrected chi connectivity index (χ0v) is 9.55. The van der Waals surface area contributed by atoms with Gasteiger partial charge in [-0.15, -0.1) is 0 Å². The maximum Gasteiger partial charge on any atom is 0.321 e. The second kappa shape index (κ2) is 4.35. The molecule has 17 heavy (non-hydrogen) atoms. The first-order chi connectivity index (χ1) is 8.12. The third-order valence-corrected chi connectivity index (χ3v) is 3.22. The first-order valence-electron chi connectivity index (χ1n) is 5.31. The molecule has 1 aliphatic heterocycles. The summed E-state index contributed by atoms with van der Waals surface area (Å²) in [5.41, 5.74) is 5.89. The average Bonchev–Trinajstić information content (AvgIpc) is 2.28. The van der Waals surface area contributed by atoms with Crippen LogP contribution < -0.4 is 10.5 Å². The molecule has 5 heteroatoms. The van der Waals surface area contributed by atoms with E-state index in [4.69, 9.17) is 20.3 Å². The number of carboxylic acid groups (broad SMARTS) is 1. The Bertz CT molecular complexity index is 428. The molecule has 1 unspecified atom stereocenters. The number of carbonyl (C=O) groups is 1. The molecule has 0 radical (unpaired) electrons. The molecule has 1 fully saturated rings. The maximum atomic E-state index is 11.1. The molecule has 1 aliphatic rings. The van der Waals surface area contributed by atoms with E-state index in [1.807, 2.05) is 18.2 Å². The molecule has 3 N–H and O–H groups in total. The Kier molecular flexibility index (Phi) is 3.04. The van der Waals surface area contributed by atoms with Crippen molar-refractivity contribution >= 4 is 5.97 Å². The molecule has 2 rings (SSSR count). The van der Waals surface area contributed by atoms with Crippen LogP contribution in [0.4, 0.5) is 0 Å². The van der Waals surface area contributed by atoms with Crippen LogP contribution in [0.25, 0.3) is 0 Å². The lowest BCUT2D eigenvalue weighted by Crippen LogP contribution is -2.61. The first-order valence-corrected chi connectivity index (χ1v) is 5.31. The monoisotopic (exact) mass is 237 g/mol. The van der Waals surface area contributed by atoms with Crippen molar-refractivity contribution in [3.63, 3.8) is 0 Å². The van der Waals surface area contributed by atoms with Crippen molar-refractivity contribution in [2.45, 2.75) is 11.5 Å². The van der Waals surface area contributed by atoms with E-state index < -0.39 is 17.4 Å². The van der Waals surface area contributed by atoms with Gasteiger partial charge in [0.1, 0.15) is 11.8 Å². The van der Waals surface area contributed by atoms with Gasteiger partial charge < -0.3 is 20.3 Å². The third kappa shape index (κ3) is 1.77. The molecule has 1 saturated heterocycles. The molecular weight excluding hydrogens is 222 g/mol. The van der Waals surface area contributed by atoms with Crippen molar-refractivity contribution in [3.8, 4) is 5.75 Å². The molecule has 1 aromatic rings. The third-order valence-electron chi connectivity index (χ3n) is 3.22. The fourth-order valence-electron chi connectivity index (χ4n) is 2.12. The van der Waals surface area contributed by atoms with Gasteiger partial charge >= 0.3 is 5.97 Å². The lowest BCUT2D eigenvalue weighted by molar-refractivity contribution is -0.148. The molecular formula is C12H15NO4. The van der Waals surface area contributed by atoms with E-state index in [-0.39, 0.29) is 0 Å². The van der Waals surface area contributed by atoms with Crippen LogP contribution in [0.15, 0.2) is 24.3 Å². The summed E-state index contributed by atoms with van der Waals surface area (Å²) >= 11 is 0. The number of carboxylic acids is 1. The molecule has 0 spiro atoms. The quantitative estimate of drug-likeness (QED) is 0.791. The molecule has 1 atom stereocenters. The van der Waals surface area contributed by atoms with Crippen molar-refractivity contribution in [2.24, 2.45) is 5.73 Å². The lowest BCUT2D eigenvalue weighted by atomic mass is 9.72. The van der Waals surface area contributed by atoms with Gasteiger partial charge in [0.05, 0.1) is 25.7 Å². The van der Waals surface area contributed by atoms with E-state index >= 15 is 0 Å². The number of methoxy groups -OCH3 is 1. The number of hydrogen-bond donors (Lipinski definition) is 2.